The van der Waals surface area contributed by atoms with Crippen LogP contribution >= 0.6 is 0 Å². The van der Waals surface area contributed by atoms with Crippen LogP contribution in [0.5, 0.6) is 0 Å². The second-order valence-electron chi connectivity index (χ2n) is 5.62. The Balaban J connectivity index is 2.74. The lowest BCUT2D eigenvalue weighted by atomic mass is 9.95. The molecule has 0 saturated heterocycles. The Bertz CT molecular complexity index is 427. The van der Waals surface area contributed by atoms with Crippen molar-refractivity contribution in [2.24, 2.45) is 5.41 Å². The third-order valence-corrected chi connectivity index (χ3v) is 2.42. The van der Waals surface area contributed by atoms with Crippen LogP contribution in [-0.2, 0) is 4.79 Å². The average molecular weight is 245 g/mol. The maximum Gasteiger partial charge on any atom is 0.224 e. The van der Waals surface area contributed by atoms with E-state index >= 15 is 0 Å². The lowest BCUT2D eigenvalue weighted by Crippen LogP contribution is -2.10. The first-order valence-corrected chi connectivity index (χ1v) is 6.50. The van der Waals surface area contributed by atoms with Crippen LogP contribution in [0.2, 0.25) is 0 Å². The van der Waals surface area contributed by atoms with E-state index in [1.807, 2.05) is 31.2 Å². The highest BCUT2D eigenvalue weighted by Gasteiger charge is 2.04. The van der Waals surface area contributed by atoms with Gasteiger partial charge in [-0.15, -0.1) is 0 Å². The van der Waals surface area contributed by atoms with Gasteiger partial charge < -0.3 is 5.32 Å². The maximum atomic E-state index is 11.5. The number of benzene rings is 1. The van der Waals surface area contributed by atoms with Gasteiger partial charge in [-0.3, -0.25) is 4.79 Å². The number of anilines is 1. The van der Waals surface area contributed by atoms with Gasteiger partial charge in [0.05, 0.1) is 0 Å². The monoisotopic (exact) mass is 245 g/mol. The predicted molar refractivity (Wildman–Crippen MR) is 78.5 cm³/mol. The Labute approximate surface area is 110 Å². The summed E-state index contributed by atoms with van der Waals surface area (Å²) in [5.41, 5.74) is 2.14. The summed E-state index contributed by atoms with van der Waals surface area (Å²) in [7, 11) is 0. The third kappa shape index (κ3) is 5.67. The Morgan fingerprint density at radius 3 is 2.67 bits per heavy atom. The van der Waals surface area contributed by atoms with Crippen LogP contribution in [0, 0.1) is 5.41 Å². The van der Waals surface area contributed by atoms with Gasteiger partial charge in [-0.05, 0) is 29.5 Å². The molecule has 1 N–H and O–H groups in total. The van der Waals surface area contributed by atoms with E-state index in [4.69, 9.17) is 0 Å². The SMILES string of the molecule is CCCC(=O)Nc1cccc(/C=C/C(C)(C)C)c1. The van der Waals surface area contributed by atoms with Crippen LogP contribution in [0.4, 0.5) is 5.69 Å². The Morgan fingerprint density at radius 2 is 2.06 bits per heavy atom. The molecule has 0 bridgehead atoms. The molecule has 0 radical (unpaired) electrons. The van der Waals surface area contributed by atoms with Gasteiger partial charge in [0.25, 0.3) is 0 Å². The van der Waals surface area contributed by atoms with Gasteiger partial charge in [0.2, 0.25) is 5.91 Å². The molecule has 1 aromatic carbocycles. The lowest BCUT2D eigenvalue weighted by Gasteiger charge is -2.11. The normalized spacial score (nSPS) is 11.8. The molecule has 1 rings (SSSR count). The zero-order chi connectivity index (χ0) is 13.6. The first-order chi connectivity index (χ1) is 8.40. The van der Waals surface area contributed by atoms with Crippen molar-refractivity contribution in [1.29, 1.82) is 0 Å². The summed E-state index contributed by atoms with van der Waals surface area (Å²) in [4.78, 5) is 11.5. The quantitative estimate of drug-likeness (QED) is 0.832. The molecular weight excluding hydrogens is 222 g/mol. The van der Waals surface area contributed by atoms with Crippen molar-refractivity contribution in [2.75, 3.05) is 5.32 Å². The summed E-state index contributed by atoms with van der Waals surface area (Å²) in [5.74, 6) is 0.0782. The topological polar surface area (TPSA) is 29.1 Å². The zero-order valence-electron chi connectivity index (χ0n) is 11.8. The van der Waals surface area contributed by atoms with E-state index in [0.717, 1.165) is 17.7 Å². The number of hydrogen-bond acceptors (Lipinski definition) is 1. The van der Waals surface area contributed by atoms with Gasteiger partial charge in [-0.1, -0.05) is 52.0 Å². The number of allylic oxidation sites excluding steroid dienone is 1. The molecule has 0 aromatic heterocycles. The van der Waals surface area contributed by atoms with E-state index in [9.17, 15) is 4.79 Å². The smallest absolute Gasteiger partial charge is 0.224 e. The highest BCUT2D eigenvalue weighted by Crippen LogP contribution is 2.18. The Hall–Kier alpha value is -1.57. The predicted octanol–water partition coefficient (Wildman–Crippen LogP) is 4.48. The molecule has 0 unspecified atom stereocenters. The summed E-state index contributed by atoms with van der Waals surface area (Å²) in [5, 5.41) is 2.91. The fraction of sp³-hybridized carbons (Fsp3) is 0.438. The molecule has 18 heavy (non-hydrogen) atoms. The van der Waals surface area contributed by atoms with E-state index in [0.29, 0.717) is 6.42 Å². The molecule has 0 saturated carbocycles. The molecule has 0 aliphatic rings. The highest BCUT2D eigenvalue weighted by atomic mass is 16.1. The molecule has 2 heteroatoms. The van der Waals surface area contributed by atoms with Gasteiger partial charge in [-0.2, -0.15) is 0 Å². The summed E-state index contributed by atoms with van der Waals surface area (Å²) < 4.78 is 0. The number of hydrogen-bond donors (Lipinski definition) is 1. The van der Waals surface area contributed by atoms with E-state index in [1.165, 1.54) is 0 Å². The minimum Gasteiger partial charge on any atom is -0.326 e. The second-order valence-corrected chi connectivity index (χ2v) is 5.62. The van der Waals surface area contributed by atoms with E-state index in [-0.39, 0.29) is 11.3 Å². The molecule has 0 heterocycles. The fourth-order valence-corrected chi connectivity index (χ4v) is 1.52. The molecule has 0 aliphatic carbocycles. The molecule has 2 nitrogen and oxygen atoms in total. The molecule has 1 amide bonds. The number of nitrogens with one attached hydrogen (secondary N) is 1. The number of carbonyl (C=O) groups excluding carboxylic acids is 1. The number of carbonyl (C=O) groups is 1. The van der Waals surface area contributed by atoms with Crippen LogP contribution in [0.15, 0.2) is 30.3 Å². The summed E-state index contributed by atoms with van der Waals surface area (Å²) in [6.45, 7) is 8.49. The van der Waals surface area contributed by atoms with E-state index in [2.05, 4.69) is 38.2 Å². The van der Waals surface area contributed by atoms with Gasteiger partial charge in [0.15, 0.2) is 0 Å². The van der Waals surface area contributed by atoms with Gasteiger partial charge in [0.1, 0.15) is 0 Å². The van der Waals surface area contributed by atoms with Crippen LogP contribution in [0.1, 0.15) is 46.1 Å². The summed E-state index contributed by atoms with van der Waals surface area (Å²) in [6, 6.07) is 7.92. The summed E-state index contributed by atoms with van der Waals surface area (Å²) >= 11 is 0. The molecule has 98 valence electrons. The Kier molecular flexibility index (Phi) is 5.14. The Morgan fingerprint density at radius 1 is 1.33 bits per heavy atom. The summed E-state index contributed by atoms with van der Waals surface area (Å²) in [6.07, 6.45) is 5.70. The van der Waals surface area contributed by atoms with Gasteiger partial charge in [0, 0.05) is 12.1 Å². The van der Waals surface area contributed by atoms with E-state index < -0.39 is 0 Å². The third-order valence-electron chi connectivity index (χ3n) is 2.42. The molecule has 1 aromatic rings. The van der Waals surface area contributed by atoms with Crippen molar-refractivity contribution in [3.63, 3.8) is 0 Å². The van der Waals surface area contributed by atoms with Gasteiger partial charge in [-0.25, -0.2) is 0 Å². The van der Waals surface area contributed by atoms with Crippen LogP contribution < -0.4 is 5.32 Å². The minimum atomic E-state index is 0.0782. The first-order valence-electron chi connectivity index (χ1n) is 6.50. The van der Waals surface area contributed by atoms with Crippen molar-refractivity contribution in [1.82, 2.24) is 0 Å². The van der Waals surface area contributed by atoms with Crippen molar-refractivity contribution in [2.45, 2.75) is 40.5 Å². The number of amides is 1. The lowest BCUT2D eigenvalue weighted by molar-refractivity contribution is -0.116. The average Bonchev–Trinajstić information content (AvgIpc) is 2.26. The van der Waals surface area contributed by atoms with Crippen LogP contribution in [0.25, 0.3) is 6.08 Å². The first kappa shape index (κ1) is 14.5. The molecule has 0 atom stereocenters. The maximum absolute atomic E-state index is 11.5. The van der Waals surface area contributed by atoms with Crippen molar-refractivity contribution >= 4 is 17.7 Å². The van der Waals surface area contributed by atoms with Crippen molar-refractivity contribution in [3.05, 3.63) is 35.9 Å². The fourth-order valence-electron chi connectivity index (χ4n) is 1.52. The minimum absolute atomic E-state index is 0.0782. The highest BCUT2D eigenvalue weighted by molar-refractivity contribution is 5.90. The zero-order valence-corrected chi connectivity index (χ0v) is 11.8. The molecular formula is C16H23NO. The molecule has 0 fully saturated rings. The molecule has 0 aliphatic heterocycles. The van der Waals surface area contributed by atoms with Crippen molar-refractivity contribution in [3.8, 4) is 0 Å². The standard InChI is InChI=1S/C16H23NO/c1-5-7-15(18)17-14-9-6-8-13(12-14)10-11-16(2,3)4/h6,8-12H,5,7H2,1-4H3,(H,17,18)/b11-10+. The number of rotatable bonds is 4. The van der Waals surface area contributed by atoms with E-state index in [1.54, 1.807) is 0 Å². The van der Waals surface area contributed by atoms with Crippen LogP contribution in [0.3, 0.4) is 0 Å². The molecule has 0 spiro atoms. The van der Waals surface area contributed by atoms with Crippen molar-refractivity contribution < 1.29 is 4.79 Å². The van der Waals surface area contributed by atoms with Crippen LogP contribution in [-0.4, -0.2) is 5.91 Å². The second kappa shape index (κ2) is 6.39. The van der Waals surface area contributed by atoms with Gasteiger partial charge >= 0.3 is 0 Å². The largest absolute Gasteiger partial charge is 0.326 e.